The summed E-state index contributed by atoms with van der Waals surface area (Å²) >= 11 is 4.52. The van der Waals surface area contributed by atoms with Gasteiger partial charge in [-0.05, 0) is 30.6 Å². The molecule has 86 valence electrons. The molecule has 0 aliphatic carbocycles. The van der Waals surface area contributed by atoms with E-state index in [0.717, 1.165) is 31.0 Å². The zero-order valence-corrected chi connectivity index (χ0v) is 11.3. The number of nitrogens with zero attached hydrogens (tertiary/aromatic N) is 3. The standard InChI is InChI=1S/C10H8N4S3/c1-5-13-10(17-14-5)16-6-2-3-7-9(8(6)11)12-4-15-7/h2-4H,11H2,1H3. The number of aryl methyl sites for hydroxylation is 1. The van der Waals surface area contributed by atoms with Gasteiger partial charge in [0.05, 0.1) is 15.9 Å². The zero-order valence-electron chi connectivity index (χ0n) is 8.88. The van der Waals surface area contributed by atoms with E-state index in [-0.39, 0.29) is 0 Å². The van der Waals surface area contributed by atoms with Crippen molar-refractivity contribution in [3.05, 3.63) is 23.5 Å². The second-order valence-corrected chi connectivity index (χ2v) is 6.31. The van der Waals surface area contributed by atoms with E-state index < -0.39 is 0 Å². The summed E-state index contributed by atoms with van der Waals surface area (Å²) < 4.78 is 6.17. The lowest BCUT2D eigenvalue weighted by Crippen LogP contribution is -1.89. The smallest absolute Gasteiger partial charge is 0.174 e. The minimum absolute atomic E-state index is 0.724. The molecule has 7 heteroatoms. The number of fused-ring (bicyclic) bond motifs is 1. The van der Waals surface area contributed by atoms with E-state index >= 15 is 0 Å². The van der Waals surface area contributed by atoms with Gasteiger partial charge in [-0.3, -0.25) is 0 Å². The Morgan fingerprint density at radius 1 is 1.35 bits per heavy atom. The molecule has 0 amide bonds. The Labute approximate surface area is 110 Å². The molecule has 17 heavy (non-hydrogen) atoms. The molecule has 2 N–H and O–H groups in total. The molecule has 0 spiro atoms. The first-order valence-corrected chi connectivity index (χ1v) is 7.31. The largest absolute Gasteiger partial charge is 0.396 e. The molecule has 1 aromatic carbocycles. The van der Waals surface area contributed by atoms with Gasteiger partial charge in [-0.15, -0.1) is 11.3 Å². The topological polar surface area (TPSA) is 64.7 Å². The molecule has 0 radical (unpaired) electrons. The molecule has 0 aliphatic heterocycles. The van der Waals surface area contributed by atoms with E-state index in [4.69, 9.17) is 5.73 Å². The van der Waals surface area contributed by atoms with Crippen LogP contribution in [0.1, 0.15) is 5.82 Å². The van der Waals surface area contributed by atoms with Crippen LogP contribution in [0.15, 0.2) is 26.9 Å². The van der Waals surface area contributed by atoms with Gasteiger partial charge in [0.1, 0.15) is 11.3 Å². The lowest BCUT2D eigenvalue weighted by molar-refractivity contribution is 1.10. The average molecular weight is 280 g/mol. The molecule has 0 fully saturated rings. The molecular weight excluding hydrogens is 272 g/mol. The summed E-state index contributed by atoms with van der Waals surface area (Å²) in [4.78, 5) is 9.57. The molecule has 2 aromatic heterocycles. The molecule has 3 rings (SSSR count). The van der Waals surface area contributed by atoms with Gasteiger partial charge in [0, 0.05) is 4.90 Å². The number of rotatable bonds is 2. The van der Waals surface area contributed by atoms with Gasteiger partial charge in [0.25, 0.3) is 0 Å². The first-order valence-electron chi connectivity index (χ1n) is 4.84. The van der Waals surface area contributed by atoms with Crippen molar-refractivity contribution < 1.29 is 0 Å². The molecule has 0 aliphatic rings. The van der Waals surface area contributed by atoms with E-state index in [0.29, 0.717) is 0 Å². The van der Waals surface area contributed by atoms with Crippen molar-refractivity contribution in [2.75, 3.05) is 5.73 Å². The summed E-state index contributed by atoms with van der Waals surface area (Å²) in [5.41, 5.74) is 9.51. The van der Waals surface area contributed by atoms with Crippen molar-refractivity contribution in [2.45, 2.75) is 16.2 Å². The maximum absolute atomic E-state index is 6.10. The summed E-state index contributed by atoms with van der Waals surface area (Å²) in [5, 5.41) is 0. The van der Waals surface area contributed by atoms with Crippen LogP contribution in [0.5, 0.6) is 0 Å². The monoisotopic (exact) mass is 280 g/mol. The number of benzene rings is 1. The van der Waals surface area contributed by atoms with E-state index in [1.807, 2.05) is 24.6 Å². The van der Waals surface area contributed by atoms with Crippen LogP contribution < -0.4 is 5.73 Å². The first kappa shape index (κ1) is 10.9. The van der Waals surface area contributed by atoms with Crippen molar-refractivity contribution in [1.29, 1.82) is 0 Å². The van der Waals surface area contributed by atoms with Gasteiger partial charge < -0.3 is 5.73 Å². The summed E-state index contributed by atoms with van der Waals surface area (Å²) in [6, 6.07) is 4.05. The van der Waals surface area contributed by atoms with Crippen LogP contribution in [-0.2, 0) is 0 Å². The van der Waals surface area contributed by atoms with Crippen molar-refractivity contribution >= 4 is 50.5 Å². The number of thiazole rings is 1. The molecule has 4 nitrogen and oxygen atoms in total. The van der Waals surface area contributed by atoms with Crippen LogP contribution in [0, 0.1) is 6.92 Å². The summed E-state index contributed by atoms with van der Waals surface area (Å²) in [5.74, 6) is 0.797. The SMILES string of the molecule is Cc1nsc(Sc2ccc3scnc3c2N)n1. The quantitative estimate of drug-likeness (QED) is 0.730. The number of nitrogen functional groups attached to an aromatic ring is 1. The lowest BCUT2D eigenvalue weighted by atomic mass is 10.3. The predicted octanol–water partition coefficient (Wildman–Crippen LogP) is 3.19. The average Bonchev–Trinajstić information content (AvgIpc) is 2.92. The van der Waals surface area contributed by atoms with Crippen LogP contribution in [0.4, 0.5) is 5.69 Å². The fourth-order valence-electron chi connectivity index (χ4n) is 1.44. The Bertz CT molecular complexity index is 673. The molecule has 0 atom stereocenters. The molecular formula is C10H8N4S3. The van der Waals surface area contributed by atoms with Crippen LogP contribution in [-0.4, -0.2) is 14.3 Å². The van der Waals surface area contributed by atoms with Crippen LogP contribution in [0.2, 0.25) is 0 Å². The Hall–Kier alpha value is -1.18. The van der Waals surface area contributed by atoms with Crippen molar-refractivity contribution in [3.63, 3.8) is 0 Å². The summed E-state index contributed by atoms with van der Waals surface area (Å²) in [6.07, 6.45) is 0. The molecule has 2 heterocycles. The second kappa shape index (κ2) is 4.25. The van der Waals surface area contributed by atoms with Gasteiger partial charge in [-0.1, -0.05) is 11.8 Å². The van der Waals surface area contributed by atoms with Crippen molar-refractivity contribution in [2.24, 2.45) is 0 Å². The van der Waals surface area contributed by atoms with Gasteiger partial charge in [-0.25, -0.2) is 9.97 Å². The highest BCUT2D eigenvalue weighted by molar-refractivity contribution is 8.01. The van der Waals surface area contributed by atoms with E-state index in [1.54, 1.807) is 11.3 Å². The van der Waals surface area contributed by atoms with E-state index in [9.17, 15) is 0 Å². The number of aromatic nitrogens is 3. The minimum Gasteiger partial charge on any atom is -0.396 e. The maximum atomic E-state index is 6.10. The maximum Gasteiger partial charge on any atom is 0.174 e. The van der Waals surface area contributed by atoms with Crippen LogP contribution >= 0.6 is 34.6 Å². The number of anilines is 1. The van der Waals surface area contributed by atoms with Crippen LogP contribution in [0.3, 0.4) is 0 Å². The minimum atomic E-state index is 0.724. The molecule has 0 unspecified atom stereocenters. The summed E-state index contributed by atoms with van der Waals surface area (Å²) in [6.45, 7) is 1.88. The Kier molecular flexibility index (Phi) is 2.73. The Morgan fingerprint density at radius 2 is 2.24 bits per heavy atom. The van der Waals surface area contributed by atoms with E-state index in [2.05, 4.69) is 14.3 Å². The fourth-order valence-corrected chi connectivity index (χ4v) is 3.79. The third-order valence-electron chi connectivity index (χ3n) is 2.21. The highest BCUT2D eigenvalue weighted by atomic mass is 32.2. The lowest BCUT2D eigenvalue weighted by Gasteiger charge is -2.02. The second-order valence-electron chi connectivity index (χ2n) is 3.39. The third-order valence-corrected chi connectivity index (χ3v) is 4.92. The van der Waals surface area contributed by atoms with E-state index in [1.165, 1.54) is 23.3 Å². The number of nitrogens with two attached hydrogens (primary N) is 1. The molecule has 0 saturated carbocycles. The molecule has 0 saturated heterocycles. The van der Waals surface area contributed by atoms with Crippen molar-refractivity contribution in [3.8, 4) is 0 Å². The van der Waals surface area contributed by atoms with Gasteiger partial charge in [0.15, 0.2) is 4.34 Å². The first-order chi connectivity index (χ1) is 8.24. The number of hydrogen-bond donors (Lipinski definition) is 1. The Balaban J connectivity index is 2.02. The van der Waals surface area contributed by atoms with Gasteiger partial charge in [-0.2, -0.15) is 4.37 Å². The normalized spacial score (nSPS) is 11.1. The highest BCUT2D eigenvalue weighted by Gasteiger charge is 2.10. The van der Waals surface area contributed by atoms with Crippen LogP contribution in [0.25, 0.3) is 10.2 Å². The summed E-state index contributed by atoms with van der Waals surface area (Å²) in [7, 11) is 0. The fraction of sp³-hybridized carbons (Fsp3) is 0.100. The zero-order chi connectivity index (χ0) is 11.8. The Morgan fingerprint density at radius 3 is 3.00 bits per heavy atom. The van der Waals surface area contributed by atoms with Gasteiger partial charge in [0.2, 0.25) is 0 Å². The predicted molar refractivity (Wildman–Crippen MR) is 72.8 cm³/mol. The number of hydrogen-bond acceptors (Lipinski definition) is 7. The molecule has 3 aromatic rings. The third kappa shape index (κ3) is 2.01. The van der Waals surface area contributed by atoms with Gasteiger partial charge >= 0.3 is 0 Å². The molecule has 0 bridgehead atoms. The van der Waals surface area contributed by atoms with Crippen molar-refractivity contribution in [1.82, 2.24) is 14.3 Å². The highest BCUT2D eigenvalue weighted by Crippen LogP contribution is 2.37.